The number of para-hydroxylation sites is 1. The second kappa shape index (κ2) is 5.11. The number of benzene rings is 1. The fourth-order valence-corrected chi connectivity index (χ4v) is 2.85. The summed E-state index contributed by atoms with van der Waals surface area (Å²) in [6.07, 6.45) is 5.41. The van der Waals surface area contributed by atoms with Gasteiger partial charge in [-0.15, -0.1) is 0 Å². The van der Waals surface area contributed by atoms with Crippen LogP contribution in [-0.2, 0) is 6.42 Å². The predicted molar refractivity (Wildman–Crippen MR) is 70.2 cm³/mol. The van der Waals surface area contributed by atoms with Crippen LogP contribution in [0.25, 0.3) is 0 Å². The van der Waals surface area contributed by atoms with Crippen LogP contribution >= 0.6 is 0 Å². The SMILES string of the molecule is O=C(c1cccc2c1OCC2)C1CCCCCN1. The van der Waals surface area contributed by atoms with Crippen molar-refractivity contribution in [1.82, 2.24) is 5.32 Å². The normalized spacial score (nSPS) is 23.0. The van der Waals surface area contributed by atoms with Crippen molar-refractivity contribution in [3.8, 4) is 5.75 Å². The van der Waals surface area contributed by atoms with Crippen molar-refractivity contribution >= 4 is 5.78 Å². The first-order valence-electron chi connectivity index (χ1n) is 6.88. The number of Topliss-reactive ketones (excluding diaryl/α,β-unsaturated/α-hetero) is 1. The highest BCUT2D eigenvalue weighted by atomic mass is 16.5. The quantitative estimate of drug-likeness (QED) is 0.813. The summed E-state index contributed by atoms with van der Waals surface area (Å²) in [6, 6.07) is 5.90. The Morgan fingerprint density at radius 1 is 1.28 bits per heavy atom. The Morgan fingerprint density at radius 2 is 2.22 bits per heavy atom. The lowest BCUT2D eigenvalue weighted by Gasteiger charge is -2.16. The summed E-state index contributed by atoms with van der Waals surface area (Å²) >= 11 is 0. The van der Waals surface area contributed by atoms with E-state index in [0.717, 1.165) is 37.1 Å². The van der Waals surface area contributed by atoms with Crippen LogP contribution in [0.4, 0.5) is 0 Å². The zero-order chi connectivity index (χ0) is 12.4. The molecule has 1 aromatic rings. The van der Waals surface area contributed by atoms with Gasteiger partial charge in [-0.2, -0.15) is 0 Å². The Morgan fingerprint density at radius 3 is 3.17 bits per heavy atom. The summed E-state index contributed by atoms with van der Waals surface area (Å²) in [5.41, 5.74) is 1.94. The van der Waals surface area contributed by atoms with Gasteiger partial charge in [0, 0.05) is 6.42 Å². The van der Waals surface area contributed by atoms with E-state index in [-0.39, 0.29) is 11.8 Å². The fourth-order valence-electron chi connectivity index (χ4n) is 2.85. The molecule has 2 heterocycles. The number of hydrogen-bond acceptors (Lipinski definition) is 3. The van der Waals surface area contributed by atoms with Crippen molar-refractivity contribution < 1.29 is 9.53 Å². The second-order valence-corrected chi connectivity index (χ2v) is 5.11. The van der Waals surface area contributed by atoms with E-state index in [1.54, 1.807) is 0 Å². The summed E-state index contributed by atoms with van der Waals surface area (Å²) in [5.74, 6) is 1.03. The molecule has 0 amide bonds. The number of hydrogen-bond donors (Lipinski definition) is 1. The molecule has 96 valence electrons. The van der Waals surface area contributed by atoms with E-state index in [9.17, 15) is 4.79 Å². The van der Waals surface area contributed by atoms with Crippen LogP contribution in [-0.4, -0.2) is 25.0 Å². The van der Waals surface area contributed by atoms with Gasteiger partial charge in [-0.1, -0.05) is 25.0 Å². The molecule has 3 nitrogen and oxygen atoms in total. The number of fused-ring (bicyclic) bond motifs is 1. The van der Waals surface area contributed by atoms with E-state index in [1.807, 2.05) is 12.1 Å². The lowest BCUT2D eigenvalue weighted by Crippen LogP contribution is -2.36. The largest absolute Gasteiger partial charge is 0.492 e. The Labute approximate surface area is 108 Å². The first-order chi connectivity index (χ1) is 8.86. The number of rotatable bonds is 2. The van der Waals surface area contributed by atoms with Crippen LogP contribution in [0.15, 0.2) is 18.2 Å². The summed E-state index contributed by atoms with van der Waals surface area (Å²) < 4.78 is 5.62. The molecule has 0 bridgehead atoms. The van der Waals surface area contributed by atoms with Gasteiger partial charge in [0.2, 0.25) is 0 Å². The van der Waals surface area contributed by atoms with Crippen molar-refractivity contribution in [2.75, 3.05) is 13.2 Å². The molecule has 0 radical (unpaired) electrons. The van der Waals surface area contributed by atoms with Crippen LogP contribution in [0, 0.1) is 0 Å². The molecule has 3 heteroatoms. The molecule has 1 unspecified atom stereocenters. The van der Waals surface area contributed by atoms with E-state index in [1.165, 1.54) is 18.4 Å². The number of ether oxygens (including phenoxy) is 1. The average molecular weight is 245 g/mol. The minimum absolute atomic E-state index is 0.0248. The van der Waals surface area contributed by atoms with Gasteiger partial charge in [-0.05, 0) is 31.0 Å². The van der Waals surface area contributed by atoms with Gasteiger partial charge in [-0.25, -0.2) is 0 Å². The summed E-state index contributed by atoms with van der Waals surface area (Å²) in [5, 5.41) is 3.37. The van der Waals surface area contributed by atoms with E-state index in [2.05, 4.69) is 11.4 Å². The van der Waals surface area contributed by atoms with Gasteiger partial charge >= 0.3 is 0 Å². The predicted octanol–water partition coefficient (Wildman–Crippen LogP) is 2.34. The molecule has 0 aromatic heterocycles. The Kier molecular flexibility index (Phi) is 3.33. The van der Waals surface area contributed by atoms with Gasteiger partial charge in [0.15, 0.2) is 5.78 Å². The van der Waals surface area contributed by atoms with Crippen molar-refractivity contribution in [1.29, 1.82) is 0 Å². The number of nitrogens with one attached hydrogen (secondary N) is 1. The molecule has 3 rings (SSSR count). The van der Waals surface area contributed by atoms with E-state index in [0.29, 0.717) is 6.61 Å². The Hall–Kier alpha value is -1.35. The minimum atomic E-state index is -0.0248. The van der Waals surface area contributed by atoms with Crippen LogP contribution in [0.2, 0.25) is 0 Å². The smallest absolute Gasteiger partial charge is 0.183 e. The molecular weight excluding hydrogens is 226 g/mol. The highest BCUT2D eigenvalue weighted by molar-refractivity contribution is 6.02. The van der Waals surface area contributed by atoms with E-state index >= 15 is 0 Å². The summed E-state index contributed by atoms with van der Waals surface area (Å²) in [4.78, 5) is 12.6. The molecule has 1 atom stereocenters. The van der Waals surface area contributed by atoms with Gasteiger partial charge in [0.05, 0.1) is 18.2 Å². The molecule has 1 saturated heterocycles. The van der Waals surface area contributed by atoms with Crippen molar-refractivity contribution in [2.45, 2.75) is 38.1 Å². The monoisotopic (exact) mass is 245 g/mol. The topological polar surface area (TPSA) is 38.3 Å². The summed E-state index contributed by atoms with van der Waals surface area (Å²) in [6.45, 7) is 1.66. The van der Waals surface area contributed by atoms with Gasteiger partial charge in [0.25, 0.3) is 0 Å². The molecule has 2 aliphatic rings. The lowest BCUT2D eigenvalue weighted by molar-refractivity contribution is 0.0937. The van der Waals surface area contributed by atoms with E-state index in [4.69, 9.17) is 4.74 Å². The zero-order valence-electron chi connectivity index (χ0n) is 10.6. The first kappa shape index (κ1) is 11.7. The Balaban J connectivity index is 1.85. The third-order valence-electron chi connectivity index (χ3n) is 3.86. The molecular formula is C15H19NO2. The number of ketones is 1. The standard InChI is InChI=1S/C15H19NO2/c17-14(13-7-2-1-3-9-16-13)12-6-4-5-11-8-10-18-15(11)12/h4-6,13,16H,1-3,7-10H2. The van der Waals surface area contributed by atoms with Crippen LogP contribution in [0.3, 0.4) is 0 Å². The maximum absolute atomic E-state index is 12.6. The minimum Gasteiger partial charge on any atom is -0.492 e. The van der Waals surface area contributed by atoms with Gasteiger partial charge in [-0.3, -0.25) is 4.79 Å². The highest BCUT2D eigenvalue weighted by Crippen LogP contribution is 2.30. The maximum atomic E-state index is 12.6. The summed E-state index contributed by atoms with van der Waals surface area (Å²) in [7, 11) is 0. The van der Waals surface area contributed by atoms with Crippen molar-refractivity contribution in [2.24, 2.45) is 0 Å². The third kappa shape index (κ3) is 2.15. The first-order valence-corrected chi connectivity index (χ1v) is 6.88. The Bertz CT molecular complexity index is 448. The van der Waals surface area contributed by atoms with Crippen molar-refractivity contribution in [3.05, 3.63) is 29.3 Å². The molecule has 0 aliphatic carbocycles. The highest BCUT2D eigenvalue weighted by Gasteiger charge is 2.26. The molecule has 1 N–H and O–H groups in total. The van der Waals surface area contributed by atoms with Crippen molar-refractivity contribution in [3.63, 3.8) is 0 Å². The zero-order valence-corrected chi connectivity index (χ0v) is 10.6. The van der Waals surface area contributed by atoms with Crippen LogP contribution in [0.5, 0.6) is 5.75 Å². The lowest BCUT2D eigenvalue weighted by atomic mass is 9.97. The number of carbonyl (C=O) groups is 1. The molecule has 1 aromatic carbocycles. The van der Waals surface area contributed by atoms with Gasteiger partial charge < -0.3 is 10.1 Å². The van der Waals surface area contributed by atoms with Crippen LogP contribution < -0.4 is 10.1 Å². The van der Waals surface area contributed by atoms with Gasteiger partial charge in [0.1, 0.15) is 5.75 Å². The molecule has 2 aliphatic heterocycles. The maximum Gasteiger partial charge on any atom is 0.183 e. The molecule has 18 heavy (non-hydrogen) atoms. The second-order valence-electron chi connectivity index (χ2n) is 5.11. The fraction of sp³-hybridized carbons (Fsp3) is 0.533. The molecule has 0 spiro atoms. The number of carbonyl (C=O) groups excluding carboxylic acids is 1. The third-order valence-corrected chi connectivity index (χ3v) is 3.86. The average Bonchev–Trinajstić information content (AvgIpc) is 2.71. The van der Waals surface area contributed by atoms with Crippen LogP contribution in [0.1, 0.15) is 41.6 Å². The molecule has 0 saturated carbocycles. The molecule has 1 fully saturated rings. The van der Waals surface area contributed by atoms with E-state index < -0.39 is 0 Å².